The number of halogens is 2. The summed E-state index contributed by atoms with van der Waals surface area (Å²) in [5.74, 6) is -1.23. The van der Waals surface area contributed by atoms with Crippen molar-refractivity contribution in [3.05, 3.63) is 45.7 Å². The van der Waals surface area contributed by atoms with Crippen LogP contribution in [0.5, 0.6) is 0 Å². The number of hydrogen-bond donors (Lipinski definition) is 1. The van der Waals surface area contributed by atoms with Crippen LogP contribution in [0.3, 0.4) is 0 Å². The van der Waals surface area contributed by atoms with E-state index in [1.54, 1.807) is 0 Å². The monoisotopic (exact) mass is 294 g/mol. The van der Waals surface area contributed by atoms with Crippen molar-refractivity contribution in [1.82, 2.24) is 4.72 Å². The van der Waals surface area contributed by atoms with Crippen LogP contribution >= 0.6 is 11.6 Å². The van der Waals surface area contributed by atoms with E-state index in [1.807, 2.05) is 0 Å². The molecule has 0 unspecified atom stereocenters. The van der Waals surface area contributed by atoms with Gasteiger partial charge in [-0.2, -0.15) is 4.39 Å². The molecule has 0 fully saturated rings. The van der Waals surface area contributed by atoms with Crippen LogP contribution in [-0.4, -0.2) is 19.9 Å². The zero-order valence-corrected chi connectivity index (χ0v) is 10.5. The lowest BCUT2D eigenvalue weighted by Gasteiger charge is -2.05. The fraction of sp³-hybridized carbons (Fsp3) is 0.111. The van der Waals surface area contributed by atoms with Crippen molar-refractivity contribution in [1.29, 1.82) is 0 Å². The molecule has 0 radical (unpaired) electrons. The van der Waals surface area contributed by atoms with Gasteiger partial charge < -0.3 is 0 Å². The van der Waals surface area contributed by atoms with E-state index in [-0.39, 0.29) is 11.6 Å². The predicted molar refractivity (Wildman–Crippen MR) is 63.2 cm³/mol. The van der Waals surface area contributed by atoms with E-state index in [0.717, 1.165) is 12.1 Å². The highest BCUT2D eigenvalue weighted by Crippen LogP contribution is 2.20. The summed E-state index contributed by atoms with van der Waals surface area (Å²) < 4.78 is 38.6. The number of hydrogen-bond acceptors (Lipinski definition) is 4. The minimum absolute atomic E-state index is 0.0564. The molecular formula is C9H8ClFN2O4S. The molecule has 0 amide bonds. The Morgan fingerprint density at radius 1 is 1.56 bits per heavy atom. The third kappa shape index (κ3) is 3.49. The molecule has 1 aromatic rings. The Labute approximate surface area is 107 Å². The molecule has 0 heterocycles. The number of benzene rings is 1. The SMILES string of the molecule is C=C(Cl)CNS(=O)(=O)c1ccc([N+](=O)[O-])c(F)c1. The highest BCUT2D eigenvalue weighted by molar-refractivity contribution is 7.89. The molecule has 6 nitrogen and oxygen atoms in total. The van der Waals surface area contributed by atoms with Crippen LogP contribution < -0.4 is 4.72 Å². The van der Waals surface area contributed by atoms with Gasteiger partial charge >= 0.3 is 5.69 Å². The van der Waals surface area contributed by atoms with E-state index < -0.39 is 31.3 Å². The molecule has 0 saturated carbocycles. The van der Waals surface area contributed by atoms with E-state index in [1.165, 1.54) is 0 Å². The maximum absolute atomic E-state index is 13.3. The zero-order chi connectivity index (χ0) is 13.9. The maximum Gasteiger partial charge on any atom is 0.304 e. The van der Waals surface area contributed by atoms with Gasteiger partial charge in [0, 0.05) is 23.7 Å². The number of sulfonamides is 1. The number of nitrogens with zero attached hydrogens (tertiary/aromatic N) is 1. The molecule has 1 N–H and O–H groups in total. The quantitative estimate of drug-likeness (QED) is 0.662. The summed E-state index contributed by atoms with van der Waals surface area (Å²) in [6.07, 6.45) is 0. The number of nitrogens with one attached hydrogen (secondary N) is 1. The van der Waals surface area contributed by atoms with Gasteiger partial charge in [0.2, 0.25) is 15.8 Å². The first-order chi connectivity index (χ1) is 8.24. The summed E-state index contributed by atoms with van der Waals surface area (Å²) in [4.78, 5) is 9.00. The molecule has 1 aromatic carbocycles. The third-order valence-corrected chi connectivity index (χ3v) is 3.41. The minimum atomic E-state index is -3.98. The second-order valence-corrected chi connectivity index (χ2v) is 5.51. The summed E-state index contributed by atoms with van der Waals surface area (Å²) in [6, 6.07) is 2.28. The Morgan fingerprint density at radius 3 is 2.61 bits per heavy atom. The lowest BCUT2D eigenvalue weighted by atomic mass is 10.3. The van der Waals surface area contributed by atoms with Crippen LogP contribution in [-0.2, 0) is 10.0 Å². The molecule has 0 aliphatic heterocycles. The number of nitro groups is 1. The van der Waals surface area contributed by atoms with Crippen molar-refractivity contribution in [2.24, 2.45) is 0 Å². The van der Waals surface area contributed by atoms with Crippen LogP contribution in [0.1, 0.15) is 0 Å². The molecule has 0 atom stereocenters. The van der Waals surface area contributed by atoms with Gasteiger partial charge in [0.25, 0.3) is 0 Å². The highest BCUT2D eigenvalue weighted by Gasteiger charge is 2.20. The molecule has 1 rings (SSSR count). The standard InChI is InChI=1S/C9H8ClFN2O4S/c1-6(10)5-12-18(16,17)7-2-3-9(13(14)15)8(11)4-7/h2-4,12H,1,5H2. The second-order valence-electron chi connectivity index (χ2n) is 3.21. The normalized spacial score (nSPS) is 11.2. The predicted octanol–water partition coefficient (Wildman–Crippen LogP) is 1.76. The lowest BCUT2D eigenvalue weighted by Crippen LogP contribution is -2.25. The Balaban J connectivity index is 3.08. The van der Waals surface area contributed by atoms with E-state index >= 15 is 0 Å². The van der Waals surface area contributed by atoms with Crippen molar-refractivity contribution >= 4 is 27.3 Å². The molecule has 0 aromatic heterocycles. The molecule has 98 valence electrons. The topological polar surface area (TPSA) is 89.3 Å². The van der Waals surface area contributed by atoms with Gasteiger partial charge in [-0.05, 0) is 6.07 Å². The summed E-state index contributed by atoms with van der Waals surface area (Å²) >= 11 is 5.38. The van der Waals surface area contributed by atoms with E-state index in [9.17, 15) is 22.9 Å². The van der Waals surface area contributed by atoms with E-state index in [4.69, 9.17) is 11.6 Å². The zero-order valence-electron chi connectivity index (χ0n) is 8.89. The van der Waals surface area contributed by atoms with Crippen LogP contribution in [0.15, 0.2) is 34.7 Å². The molecule has 0 bridgehead atoms. The first kappa shape index (κ1) is 14.6. The fourth-order valence-electron chi connectivity index (χ4n) is 1.06. The van der Waals surface area contributed by atoms with E-state index in [2.05, 4.69) is 11.3 Å². The first-order valence-electron chi connectivity index (χ1n) is 4.51. The maximum atomic E-state index is 13.3. The van der Waals surface area contributed by atoms with Gasteiger partial charge in [-0.1, -0.05) is 18.2 Å². The highest BCUT2D eigenvalue weighted by atomic mass is 35.5. The van der Waals surface area contributed by atoms with Gasteiger partial charge in [0.05, 0.1) is 9.82 Å². The van der Waals surface area contributed by atoms with Crippen LogP contribution in [0, 0.1) is 15.9 Å². The average molecular weight is 295 g/mol. The summed E-state index contributed by atoms with van der Waals surface area (Å²) in [5.41, 5.74) is -0.796. The van der Waals surface area contributed by atoms with Crippen molar-refractivity contribution in [3.8, 4) is 0 Å². The van der Waals surface area contributed by atoms with Crippen molar-refractivity contribution in [2.45, 2.75) is 4.90 Å². The number of nitro benzene ring substituents is 1. The Morgan fingerprint density at radius 2 is 2.17 bits per heavy atom. The van der Waals surface area contributed by atoms with Crippen molar-refractivity contribution in [3.63, 3.8) is 0 Å². The van der Waals surface area contributed by atoms with Gasteiger partial charge in [-0.15, -0.1) is 0 Å². The van der Waals surface area contributed by atoms with Crippen molar-refractivity contribution < 1.29 is 17.7 Å². The molecule has 0 saturated heterocycles. The Hall–Kier alpha value is -1.51. The number of rotatable bonds is 5. The second kappa shape index (κ2) is 5.42. The van der Waals surface area contributed by atoms with Crippen LogP contribution in [0.4, 0.5) is 10.1 Å². The van der Waals surface area contributed by atoms with Gasteiger partial charge in [-0.25, -0.2) is 13.1 Å². The molecule has 18 heavy (non-hydrogen) atoms. The summed E-state index contributed by atoms with van der Waals surface area (Å²) in [5, 5.41) is 10.4. The average Bonchev–Trinajstić information content (AvgIpc) is 2.26. The van der Waals surface area contributed by atoms with Crippen LogP contribution in [0.25, 0.3) is 0 Å². The molecular weight excluding hydrogens is 287 g/mol. The third-order valence-electron chi connectivity index (χ3n) is 1.88. The van der Waals surface area contributed by atoms with Gasteiger partial charge in [0.1, 0.15) is 0 Å². The molecule has 0 spiro atoms. The Kier molecular flexibility index (Phi) is 4.38. The minimum Gasteiger partial charge on any atom is -0.258 e. The lowest BCUT2D eigenvalue weighted by molar-refractivity contribution is -0.387. The van der Waals surface area contributed by atoms with Gasteiger partial charge in [0.15, 0.2) is 0 Å². The summed E-state index contributed by atoms with van der Waals surface area (Å²) in [7, 11) is -3.98. The van der Waals surface area contributed by atoms with E-state index in [0.29, 0.717) is 6.07 Å². The largest absolute Gasteiger partial charge is 0.304 e. The van der Waals surface area contributed by atoms with Crippen molar-refractivity contribution in [2.75, 3.05) is 6.54 Å². The Bertz CT molecular complexity index is 603. The fourth-order valence-corrected chi connectivity index (χ4v) is 2.24. The van der Waals surface area contributed by atoms with Crippen LogP contribution in [0.2, 0.25) is 0 Å². The molecule has 0 aliphatic rings. The first-order valence-corrected chi connectivity index (χ1v) is 6.37. The smallest absolute Gasteiger partial charge is 0.258 e. The molecule has 0 aliphatic carbocycles. The molecule has 9 heteroatoms. The summed E-state index contributed by atoms with van der Waals surface area (Å²) in [6.45, 7) is 3.06. The van der Waals surface area contributed by atoms with Gasteiger partial charge in [-0.3, -0.25) is 10.1 Å².